The van der Waals surface area contributed by atoms with Crippen LogP contribution in [0.2, 0.25) is 0 Å². The molecule has 0 atom stereocenters. The highest BCUT2D eigenvalue weighted by Gasteiger charge is 2.14. The van der Waals surface area contributed by atoms with Crippen LogP contribution in [0.3, 0.4) is 0 Å². The predicted molar refractivity (Wildman–Crippen MR) is 76.3 cm³/mol. The molecule has 0 saturated carbocycles. The standard InChI is InChI=1S/C13H17NO6S/c1-3-4-20-8-12(15)14-10-5-9(13(16)17)6-11(7-10)21(2,18)19/h5-7H,3-4,8H2,1-2H3,(H,14,15)(H,16,17). The number of aromatic carboxylic acids is 1. The number of carbonyl (C=O) groups is 2. The third-order valence-corrected chi connectivity index (χ3v) is 3.54. The molecule has 1 aromatic carbocycles. The molecule has 1 amide bonds. The van der Waals surface area contributed by atoms with E-state index in [0.717, 1.165) is 18.7 Å². The van der Waals surface area contributed by atoms with E-state index < -0.39 is 21.7 Å². The molecule has 0 fully saturated rings. The Labute approximate surface area is 122 Å². The summed E-state index contributed by atoms with van der Waals surface area (Å²) < 4.78 is 28.1. The molecule has 0 aromatic heterocycles. The third-order valence-electron chi connectivity index (χ3n) is 2.45. The van der Waals surface area contributed by atoms with Gasteiger partial charge in [0.1, 0.15) is 6.61 Å². The maximum atomic E-state index is 11.6. The number of nitrogens with one attached hydrogen (secondary N) is 1. The van der Waals surface area contributed by atoms with Crippen LogP contribution in [-0.2, 0) is 19.4 Å². The van der Waals surface area contributed by atoms with Gasteiger partial charge in [0.15, 0.2) is 9.84 Å². The van der Waals surface area contributed by atoms with E-state index in [2.05, 4.69) is 5.32 Å². The largest absolute Gasteiger partial charge is 0.478 e. The van der Waals surface area contributed by atoms with Crippen molar-refractivity contribution in [3.05, 3.63) is 23.8 Å². The second kappa shape index (κ2) is 7.19. The molecular formula is C13H17NO6S. The van der Waals surface area contributed by atoms with E-state index in [-0.39, 0.29) is 22.8 Å². The van der Waals surface area contributed by atoms with E-state index >= 15 is 0 Å². The monoisotopic (exact) mass is 315 g/mol. The zero-order valence-electron chi connectivity index (χ0n) is 11.8. The summed E-state index contributed by atoms with van der Waals surface area (Å²) in [4.78, 5) is 22.4. The smallest absolute Gasteiger partial charge is 0.335 e. The number of ether oxygens (including phenoxy) is 1. The minimum atomic E-state index is -3.58. The van der Waals surface area contributed by atoms with Crippen molar-refractivity contribution in [1.82, 2.24) is 0 Å². The van der Waals surface area contributed by atoms with Crippen LogP contribution in [0.15, 0.2) is 23.1 Å². The molecule has 116 valence electrons. The summed E-state index contributed by atoms with van der Waals surface area (Å²) in [5.74, 6) is -1.76. The molecule has 0 radical (unpaired) electrons. The Hall–Kier alpha value is -1.93. The van der Waals surface area contributed by atoms with Gasteiger partial charge in [-0.15, -0.1) is 0 Å². The number of carboxylic acid groups (broad SMARTS) is 1. The Morgan fingerprint density at radius 3 is 2.48 bits per heavy atom. The van der Waals surface area contributed by atoms with Crippen LogP contribution >= 0.6 is 0 Å². The van der Waals surface area contributed by atoms with E-state index in [9.17, 15) is 18.0 Å². The first kappa shape index (κ1) is 17.1. The lowest BCUT2D eigenvalue weighted by molar-refractivity contribution is -0.120. The fourth-order valence-corrected chi connectivity index (χ4v) is 2.20. The minimum Gasteiger partial charge on any atom is -0.478 e. The molecule has 0 aliphatic rings. The van der Waals surface area contributed by atoms with Gasteiger partial charge in [0.25, 0.3) is 0 Å². The first-order valence-corrected chi connectivity index (χ1v) is 8.09. The number of amides is 1. The van der Waals surface area contributed by atoms with Crippen LogP contribution < -0.4 is 5.32 Å². The molecule has 2 N–H and O–H groups in total. The first-order valence-electron chi connectivity index (χ1n) is 6.20. The molecule has 1 aromatic rings. The van der Waals surface area contributed by atoms with Gasteiger partial charge in [0.2, 0.25) is 5.91 Å². The van der Waals surface area contributed by atoms with Crippen LogP contribution in [0.1, 0.15) is 23.7 Å². The molecule has 0 spiro atoms. The first-order chi connectivity index (χ1) is 9.74. The molecule has 1 rings (SSSR count). The van der Waals surface area contributed by atoms with E-state index in [4.69, 9.17) is 9.84 Å². The lowest BCUT2D eigenvalue weighted by Crippen LogP contribution is -2.19. The lowest BCUT2D eigenvalue weighted by Gasteiger charge is -2.09. The summed E-state index contributed by atoms with van der Waals surface area (Å²) in [7, 11) is -3.58. The third kappa shape index (κ3) is 5.52. The summed E-state index contributed by atoms with van der Waals surface area (Å²) in [5, 5.41) is 11.4. The van der Waals surface area contributed by atoms with Crippen LogP contribution in [0.5, 0.6) is 0 Å². The van der Waals surface area contributed by atoms with Gasteiger partial charge in [0.05, 0.1) is 10.5 Å². The summed E-state index contributed by atoms with van der Waals surface area (Å²) in [6.07, 6.45) is 1.73. The molecule has 0 saturated heterocycles. The van der Waals surface area contributed by atoms with Crippen molar-refractivity contribution in [2.24, 2.45) is 0 Å². The highest BCUT2D eigenvalue weighted by atomic mass is 32.2. The molecule has 8 heteroatoms. The maximum absolute atomic E-state index is 11.6. The normalized spacial score (nSPS) is 11.1. The van der Waals surface area contributed by atoms with Crippen molar-refractivity contribution in [3.8, 4) is 0 Å². The van der Waals surface area contributed by atoms with E-state index in [1.165, 1.54) is 12.1 Å². The van der Waals surface area contributed by atoms with E-state index in [1.807, 2.05) is 6.92 Å². The van der Waals surface area contributed by atoms with Gasteiger partial charge in [-0.3, -0.25) is 4.79 Å². The molecule has 0 unspecified atom stereocenters. The van der Waals surface area contributed by atoms with Crippen molar-refractivity contribution < 1.29 is 27.9 Å². The van der Waals surface area contributed by atoms with Crippen molar-refractivity contribution in [2.75, 3.05) is 24.8 Å². The Balaban J connectivity index is 2.99. The number of hydrogen-bond donors (Lipinski definition) is 2. The highest BCUT2D eigenvalue weighted by molar-refractivity contribution is 7.90. The number of hydrogen-bond acceptors (Lipinski definition) is 5. The molecule has 21 heavy (non-hydrogen) atoms. The molecule has 0 aliphatic carbocycles. The Morgan fingerprint density at radius 1 is 1.29 bits per heavy atom. The van der Waals surface area contributed by atoms with Crippen molar-refractivity contribution in [2.45, 2.75) is 18.2 Å². The Morgan fingerprint density at radius 2 is 1.95 bits per heavy atom. The number of rotatable bonds is 7. The lowest BCUT2D eigenvalue weighted by atomic mass is 10.2. The van der Waals surface area contributed by atoms with Gasteiger partial charge < -0.3 is 15.2 Å². The molecule has 0 heterocycles. The van der Waals surface area contributed by atoms with Gasteiger partial charge in [-0.1, -0.05) is 6.92 Å². The van der Waals surface area contributed by atoms with E-state index in [1.54, 1.807) is 0 Å². The topological polar surface area (TPSA) is 110 Å². The molecule has 0 aliphatic heterocycles. The number of anilines is 1. The van der Waals surface area contributed by atoms with Crippen LogP contribution in [0, 0.1) is 0 Å². The Kier molecular flexibility index (Phi) is 5.86. The van der Waals surface area contributed by atoms with Gasteiger partial charge >= 0.3 is 5.97 Å². The Bertz CT molecular complexity index is 638. The quantitative estimate of drug-likeness (QED) is 0.730. The summed E-state index contributed by atoms with van der Waals surface area (Å²) >= 11 is 0. The van der Waals surface area contributed by atoms with Crippen molar-refractivity contribution >= 4 is 27.4 Å². The zero-order valence-corrected chi connectivity index (χ0v) is 12.6. The molecular weight excluding hydrogens is 298 g/mol. The van der Waals surface area contributed by atoms with Crippen LogP contribution in [0.25, 0.3) is 0 Å². The van der Waals surface area contributed by atoms with Crippen molar-refractivity contribution in [1.29, 1.82) is 0 Å². The summed E-state index contributed by atoms with van der Waals surface area (Å²) in [6.45, 7) is 2.14. The minimum absolute atomic E-state index is 0.0976. The van der Waals surface area contributed by atoms with Crippen molar-refractivity contribution in [3.63, 3.8) is 0 Å². The highest BCUT2D eigenvalue weighted by Crippen LogP contribution is 2.19. The maximum Gasteiger partial charge on any atom is 0.335 e. The SMILES string of the molecule is CCCOCC(=O)Nc1cc(C(=O)O)cc(S(C)(=O)=O)c1. The fourth-order valence-electron chi connectivity index (χ4n) is 1.52. The van der Waals surface area contributed by atoms with Crippen LogP contribution in [-0.4, -0.2) is 44.9 Å². The molecule has 7 nitrogen and oxygen atoms in total. The number of benzene rings is 1. The summed E-state index contributed by atoms with van der Waals surface area (Å²) in [6, 6.07) is 3.44. The zero-order chi connectivity index (χ0) is 16.0. The number of sulfone groups is 1. The predicted octanol–water partition coefficient (Wildman–Crippen LogP) is 1.15. The van der Waals surface area contributed by atoms with Gasteiger partial charge in [-0.05, 0) is 24.6 Å². The van der Waals surface area contributed by atoms with Crippen LogP contribution in [0.4, 0.5) is 5.69 Å². The van der Waals surface area contributed by atoms with E-state index in [0.29, 0.717) is 6.61 Å². The average Bonchev–Trinajstić information content (AvgIpc) is 2.37. The summed E-state index contributed by atoms with van der Waals surface area (Å²) in [5.41, 5.74) is -0.122. The van der Waals surface area contributed by atoms with Gasteiger partial charge in [0, 0.05) is 18.6 Å². The fraction of sp³-hybridized carbons (Fsp3) is 0.385. The van der Waals surface area contributed by atoms with Gasteiger partial charge in [-0.2, -0.15) is 0 Å². The second-order valence-electron chi connectivity index (χ2n) is 4.42. The molecule has 0 bridgehead atoms. The number of carboxylic acids is 1. The second-order valence-corrected chi connectivity index (χ2v) is 6.44. The average molecular weight is 315 g/mol. The van der Waals surface area contributed by atoms with Gasteiger partial charge in [-0.25, -0.2) is 13.2 Å². The number of carbonyl (C=O) groups excluding carboxylic acids is 1.